The molecule has 0 spiro atoms. The van der Waals surface area contributed by atoms with Gasteiger partial charge in [-0.2, -0.15) is 0 Å². The molecule has 2 aromatic carbocycles. The summed E-state index contributed by atoms with van der Waals surface area (Å²) in [5, 5.41) is 0.570. The normalized spacial score (nSPS) is 12.5. The Hall–Kier alpha value is -0.980. The third kappa shape index (κ3) is 2.80. The quantitative estimate of drug-likeness (QED) is 0.604. The molecule has 0 aliphatic rings. The average molecular weight is 293 g/mol. The molecule has 0 saturated heterocycles. The Morgan fingerprint density at radius 2 is 1.47 bits per heavy atom. The number of aryl methyl sites for hydroxylation is 2. The molecular formula is C17H18Cl2. The molecule has 0 bridgehead atoms. The van der Waals surface area contributed by atoms with Crippen LogP contribution >= 0.6 is 23.2 Å². The van der Waals surface area contributed by atoms with Crippen LogP contribution in [-0.4, -0.2) is 0 Å². The fraction of sp³-hybridized carbons (Fsp3) is 0.294. The summed E-state index contributed by atoms with van der Waals surface area (Å²) in [5.74, 6) is 0. The molecule has 2 heteroatoms. The van der Waals surface area contributed by atoms with Gasteiger partial charge in [-0.15, -0.1) is 11.6 Å². The summed E-state index contributed by atoms with van der Waals surface area (Å²) in [4.78, 5) is 0. The highest BCUT2D eigenvalue weighted by molar-refractivity contribution is 6.30. The number of hydrogen-bond acceptors (Lipinski definition) is 0. The number of benzene rings is 2. The zero-order valence-corrected chi connectivity index (χ0v) is 13.2. The van der Waals surface area contributed by atoms with E-state index in [0.717, 1.165) is 10.6 Å². The maximum Gasteiger partial charge on any atom is 0.0841 e. The summed E-state index contributed by atoms with van der Waals surface area (Å²) >= 11 is 12.8. The molecular weight excluding hydrogens is 275 g/mol. The summed E-state index contributed by atoms with van der Waals surface area (Å²) in [6, 6.07) is 10.0. The van der Waals surface area contributed by atoms with Crippen LogP contribution < -0.4 is 0 Å². The van der Waals surface area contributed by atoms with Crippen molar-refractivity contribution in [2.24, 2.45) is 0 Å². The average Bonchev–Trinajstić information content (AvgIpc) is 2.36. The van der Waals surface area contributed by atoms with Gasteiger partial charge in [-0.1, -0.05) is 29.8 Å². The molecule has 0 amide bonds. The first-order chi connectivity index (χ1) is 8.91. The SMILES string of the molecule is Cc1cc(C)c(C)c(C(Cl)c2cccc(Cl)c2)c1C. The third-order valence-electron chi connectivity index (χ3n) is 3.82. The molecule has 0 N–H and O–H groups in total. The maximum atomic E-state index is 6.70. The molecule has 2 rings (SSSR count). The minimum Gasteiger partial charge on any atom is -0.113 e. The fourth-order valence-electron chi connectivity index (χ4n) is 2.46. The first-order valence-corrected chi connectivity index (χ1v) is 7.20. The van der Waals surface area contributed by atoms with E-state index in [1.807, 2.05) is 24.3 Å². The summed E-state index contributed by atoms with van der Waals surface area (Å²) in [5.41, 5.74) is 7.36. The van der Waals surface area contributed by atoms with Crippen LogP contribution in [0.15, 0.2) is 30.3 Å². The van der Waals surface area contributed by atoms with Crippen molar-refractivity contribution in [2.75, 3.05) is 0 Å². The Balaban J connectivity index is 2.59. The second-order valence-corrected chi connectivity index (χ2v) is 5.96. The van der Waals surface area contributed by atoms with E-state index in [-0.39, 0.29) is 5.38 Å². The van der Waals surface area contributed by atoms with Gasteiger partial charge in [-0.25, -0.2) is 0 Å². The van der Waals surface area contributed by atoms with Crippen molar-refractivity contribution in [3.8, 4) is 0 Å². The van der Waals surface area contributed by atoms with Crippen molar-refractivity contribution >= 4 is 23.2 Å². The van der Waals surface area contributed by atoms with Crippen LogP contribution in [0.2, 0.25) is 5.02 Å². The number of alkyl halides is 1. The Labute approximate surface area is 125 Å². The Morgan fingerprint density at radius 3 is 2.00 bits per heavy atom. The molecule has 0 saturated carbocycles. The van der Waals surface area contributed by atoms with Gasteiger partial charge in [-0.05, 0) is 73.2 Å². The second-order valence-electron chi connectivity index (χ2n) is 5.09. The van der Waals surface area contributed by atoms with Gasteiger partial charge in [0.1, 0.15) is 0 Å². The lowest BCUT2D eigenvalue weighted by molar-refractivity contribution is 1.05. The van der Waals surface area contributed by atoms with Crippen LogP contribution in [0.3, 0.4) is 0 Å². The van der Waals surface area contributed by atoms with Crippen LogP contribution in [-0.2, 0) is 0 Å². The molecule has 19 heavy (non-hydrogen) atoms. The second kappa shape index (κ2) is 5.56. The van der Waals surface area contributed by atoms with Crippen molar-refractivity contribution < 1.29 is 0 Å². The van der Waals surface area contributed by atoms with Crippen LogP contribution in [0.1, 0.15) is 38.8 Å². The van der Waals surface area contributed by atoms with Crippen LogP contribution in [0.4, 0.5) is 0 Å². The first-order valence-electron chi connectivity index (χ1n) is 6.38. The molecule has 1 unspecified atom stereocenters. The van der Waals surface area contributed by atoms with E-state index in [9.17, 15) is 0 Å². The predicted molar refractivity (Wildman–Crippen MR) is 84.5 cm³/mol. The highest BCUT2D eigenvalue weighted by Gasteiger charge is 2.18. The van der Waals surface area contributed by atoms with E-state index < -0.39 is 0 Å². The Bertz CT molecular complexity index is 589. The zero-order valence-electron chi connectivity index (χ0n) is 11.7. The summed E-state index contributed by atoms with van der Waals surface area (Å²) in [6.45, 7) is 8.54. The van der Waals surface area contributed by atoms with Gasteiger partial charge in [0.15, 0.2) is 0 Å². The molecule has 0 heterocycles. The lowest BCUT2D eigenvalue weighted by Crippen LogP contribution is -2.03. The molecule has 0 nitrogen and oxygen atoms in total. The molecule has 0 radical (unpaired) electrons. The van der Waals surface area contributed by atoms with Gasteiger partial charge in [0.2, 0.25) is 0 Å². The van der Waals surface area contributed by atoms with Gasteiger partial charge in [-0.3, -0.25) is 0 Å². The zero-order chi connectivity index (χ0) is 14.2. The maximum absolute atomic E-state index is 6.70. The number of hydrogen-bond donors (Lipinski definition) is 0. The van der Waals surface area contributed by atoms with Gasteiger partial charge in [0.05, 0.1) is 5.38 Å². The van der Waals surface area contributed by atoms with Crippen molar-refractivity contribution in [1.29, 1.82) is 0 Å². The largest absolute Gasteiger partial charge is 0.113 e. The van der Waals surface area contributed by atoms with Crippen LogP contribution in [0.25, 0.3) is 0 Å². The van der Waals surface area contributed by atoms with Gasteiger partial charge in [0, 0.05) is 5.02 Å². The highest BCUT2D eigenvalue weighted by atomic mass is 35.5. The van der Waals surface area contributed by atoms with Gasteiger partial charge < -0.3 is 0 Å². The number of halogens is 2. The fourth-order valence-corrected chi connectivity index (χ4v) is 3.12. The van der Waals surface area contributed by atoms with Crippen molar-refractivity contribution in [2.45, 2.75) is 33.1 Å². The summed E-state index contributed by atoms with van der Waals surface area (Å²) in [7, 11) is 0. The first kappa shape index (κ1) is 14.4. The van der Waals surface area contributed by atoms with E-state index >= 15 is 0 Å². The topological polar surface area (TPSA) is 0 Å². The van der Waals surface area contributed by atoms with E-state index in [2.05, 4.69) is 33.8 Å². The molecule has 0 aliphatic heterocycles. The smallest absolute Gasteiger partial charge is 0.0841 e. The van der Waals surface area contributed by atoms with E-state index in [4.69, 9.17) is 23.2 Å². The van der Waals surface area contributed by atoms with E-state index in [1.165, 1.54) is 27.8 Å². The lowest BCUT2D eigenvalue weighted by Gasteiger charge is -2.20. The van der Waals surface area contributed by atoms with Crippen molar-refractivity contribution in [1.82, 2.24) is 0 Å². The molecule has 100 valence electrons. The minimum absolute atomic E-state index is 0.155. The molecule has 0 aromatic heterocycles. The third-order valence-corrected chi connectivity index (χ3v) is 4.52. The van der Waals surface area contributed by atoms with Crippen LogP contribution in [0, 0.1) is 27.7 Å². The van der Waals surface area contributed by atoms with Gasteiger partial charge >= 0.3 is 0 Å². The molecule has 0 aliphatic carbocycles. The van der Waals surface area contributed by atoms with E-state index in [0.29, 0.717) is 0 Å². The predicted octanol–water partition coefficient (Wildman–Crippen LogP) is 5.90. The Morgan fingerprint density at radius 1 is 0.895 bits per heavy atom. The Kier molecular flexibility index (Phi) is 4.23. The monoisotopic (exact) mass is 292 g/mol. The standard InChI is InChI=1S/C17H18Cl2/c1-10-8-11(2)13(4)16(12(10)3)17(19)14-6-5-7-15(18)9-14/h5-9,17H,1-4H3. The van der Waals surface area contributed by atoms with Gasteiger partial charge in [0.25, 0.3) is 0 Å². The number of rotatable bonds is 2. The molecule has 0 fully saturated rings. The molecule has 1 atom stereocenters. The molecule has 2 aromatic rings. The summed E-state index contributed by atoms with van der Waals surface area (Å²) in [6.07, 6.45) is 0. The minimum atomic E-state index is -0.155. The lowest BCUT2D eigenvalue weighted by atomic mass is 9.90. The van der Waals surface area contributed by atoms with E-state index in [1.54, 1.807) is 0 Å². The highest BCUT2D eigenvalue weighted by Crippen LogP contribution is 2.36. The van der Waals surface area contributed by atoms with Crippen molar-refractivity contribution in [3.05, 3.63) is 68.7 Å². The van der Waals surface area contributed by atoms with Crippen LogP contribution in [0.5, 0.6) is 0 Å². The van der Waals surface area contributed by atoms with Crippen molar-refractivity contribution in [3.63, 3.8) is 0 Å². The summed E-state index contributed by atoms with van der Waals surface area (Å²) < 4.78 is 0.